The van der Waals surface area contributed by atoms with Gasteiger partial charge in [-0.25, -0.2) is 8.42 Å². The highest BCUT2D eigenvalue weighted by Gasteiger charge is 2.35. The summed E-state index contributed by atoms with van der Waals surface area (Å²) in [6.07, 6.45) is 4.39. The van der Waals surface area contributed by atoms with E-state index in [2.05, 4.69) is 15.6 Å². The van der Waals surface area contributed by atoms with Crippen molar-refractivity contribution in [1.29, 1.82) is 0 Å². The minimum absolute atomic E-state index is 0.118. The van der Waals surface area contributed by atoms with Crippen molar-refractivity contribution in [3.63, 3.8) is 0 Å². The van der Waals surface area contributed by atoms with E-state index < -0.39 is 22.0 Å². The first kappa shape index (κ1) is 23.2. The topological polar surface area (TPSA) is 118 Å². The van der Waals surface area contributed by atoms with Crippen LogP contribution in [0.2, 0.25) is 0 Å². The maximum atomic E-state index is 13.5. The Labute approximate surface area is 193 Å². The van der Waals surface area contributed by atoms with Crippen LogP contribution in [0.1, 0.15) is 37.3 Å². The van der Waals surface area contributed by atoms with Crippen molar-refractivity contribution in [2.45, 2.75) is 50.7 Å². The average molecular weight is 473 g/mol. The lowest BCUT2D eigenvalue weighted by Gasteiger charge is -2.32. The molecule has 4 rings (SSSR count). The van der Waals surface area contributed by atoms with E-state index in [1.54, 1.807) is 31.5 Å². The first-order valence-electron chi connectivity index (χ1n) is 11.1. The Morgan fingerprint density at radius 1 is 1.36 bits per heavy atom. The molecule has 1 aromatic heterocycles. The van der Waals surface area contributed by atoms with Gasteiger partial charge in [0.15, 0.2) is 6.10 Å². The molecular weight excluding hydrogens is 444 g/mol. The maximum Gasteiger partial charge on any atom is 0.265 e. The lowest BCUT2D eigenvalue weighted by atomic mass is 9.99. The molecule has 1 fully saturated rings. The number of amides is 2. The van der Waals surface area contributed by atoms with Crippen LogP contribution in [-0.2, 0) is 26.2 Å². The van der Waals surface area contributed by atoms with Gasteiger partial charge in [0, 0.05) is 38.1 Å². The van der Waals surface area contributed by atoms with E-state index in [1.807, 2.05) is 13.0 Å². The molecule has 2 amide bonds. The molecule has 2 atom stereocenters. The Morgan fingerprint density at radius 2 is 2.18 bits per heavy atom. The Morgan fingerprint density at radius 3 is 2.91 bits per heavy atom. The van der Waals surface area contributed by atoms with Gasteiger partial charge in [-0.2, -0.15) is 4.31 Å². The van der Waals surface area contributed by atoms with Crippen molar-refractivity contribution < 1.29 is 22.7 Å². The number of hydrogen-bond donors (Lipinski definition) is 2. The second kappa shape index (κ2) is 9.48. The monoisotopic (exact) mass is 472 g/mol. The van der Waals surface area contributed by atoms with E-state index >= 15 is 0 Å². The Bertz CT molecular complexity index is 1150. The largest absolute Gasteiger partial charge is 0.478 e. The molecule has 1 saturated heterocycles. The summed E-state index contributed by atoms with van der Waals surface area (Å²) in [5.74, 6) is -0.495. The minimum atomic E-state index is -3.85. The maximum absolute atomic E-state index is 13.5. The van der Waals surface area contributed by atoms with Gasteiger partial charge in [-0.1, -0.05) is 13.0 Å². The van der Waals surface area contributed by atoms with Crippen LogP contribution in [0.4, 0.5) is 5.69 Å². The van der Waals surface area contributed by atoms with Crippen molar-refractivity contribution in [2.75, 3.05) is 18.4 Å². The number of rotatable bonds is 6. The molecule has 0 bridgehead atoms. The van der Waals surface area contributed by atoms with Gasteiger partial charge in [0.1, 0.15) is 5.75 Å². The molecule has 0 radical (unpaired) electrons. The zero-order valence-electron chi connectivity index (χ0n) is 18.7. The van der Waals surface area contributed by atoms with Gasteiger partial charge in [0.25, 0.3) is 5.91 Å². The number of anilines is 1. The second-order valence-corrected chi connectivity index (χ2v) is 10.3. The van der Waals surface area contributed by atoms with Gasteiger partial charge in [0.05, 0.1) is 16.5 Å². The molecule has 0 unspecified atom stereocenters. The molecule has 10 heteroatoms. The van der Waals surface area contributed by atoms with Gasteiger partial charge in [-0.05, 0) is 49.4 Å². The molecule has 0 spiro atoms. The molecule has 0 aliphatic carbocycles. The standard InChI is InChI=1S/C23H28N4O5S/c1-3-19-23(29)26-18-10-15(2)21(11-20(18)32-19)33(30,31)27-9-5-7-17(14-27)22(28)25-13-16-6-4-8-24-12-16/h4,6,8,10-12,17,19H,3,5,7,9,13-14H2,1-2H3,(H,25,28)(H,26,29)/t17-,19-/m0/s1. The van der Waals surface area contributed by atoms with Crippen LogP contribution in [0.5, 0.6) is 5.75 Å². The van der Waals surface area contributed by atoms with Crippen LogP contribution < -0.4 is 15.4 Å². The SMILES string of the molecule is CC[C@@H]1Oc2cc(S(=O)(=O)N3CCC[C@H](C(=O)NCc4cccnc4)C3)c(C)cc2NC1=O. The fourth-order valence-corrected chi connectivity index (χ4v) is 5.93. The number of nitrogens with zero attached hydrogens (tertiary/aromatic N) is 2. The van der Waals surface area contributed by atoms with Crippen LogP contribution in [0.3, 0.4) is 0 Å². The number of sulfonamides is 1. The lowest BCUT2D eigenvalue weighted by molar-refractivity contribution is -0.126. The number of fused-ring (bicyclic) bond motifs is 1. The van der Waals surface area contributed by atoms with E-state index in [0.717, 1.165) is 5.56 Å². The quantitative estimate of drug-likeness (QED) is 0.666. The third-order valence-electron chi connectivity index (χ3n) is 6.03. The molecule has 3 heterocycles. The number of ether oxygens (including phenoxy) is 1. The number of carbonyl (C=O) groups excluding carboxylic acids is 2. The molecule has 176 valence electrons. The van der Waals surface area contributed by atoms with Crippen LogP contribution >= 0.6 is 0 Å². The first-order chi connectivity index (χ1) is 15.8. The van der Waals surface area contributed by atoms with Crippen LogP contribution in [0, 0.1) is 12.8 Å². The number of aromatic nitrogens is 1. The van der Waals surface area contributed by atoms with E-state index in [0.29, 0.717) is 49.4 Å². The number of benzene rings is 1. The number of carbonyl (C=O) groups is 2. The van der Waals surface area contributed by atoms with Gasteiger partial charge in [-0.15, -0.1) is 0 Å². The van der Waals surface area contributed by atoms with Crippen molar-refractivity contribution in [3.8, 4) is 5.75 Å². The molecule has 2 aliphatic rings. The number of nitrogens with one attached hydrogen (secondary N) is 2. The third kappa shape index (κ3) is 4.86. The molecule has 2 aliphatic heterocycles. The summed E-state index contributed by atoms with van der Waals surface area (Å²) in [6, 6.07) is 6.77. The summed E-state index contributed by atoms with van der Waals surface area (Å²) in [7, 11) is -3.85. The number of pyridine rings is 1. The summed E-state index contributed by atoms with van der Waals surface area (Å²) in [5.41, 5.74) is 1.86. The summed E-state index contributed by atoms with van der Waals surface area (Å²) in [6.45, 7) is 4.33. The fourth-order valence-electron chi connectivity index (χ4n) is 4.18. The number of piperidine rings is 1. The molecule has 2 N–H and O–H groups in total. The average Bonchev–Trinajstić information content (AvgIpc) is 2.82. The van der Waals surface area contributed by atoms with E-state index in [1.165, 1.54) is 10.4 Å². The zero-order valence-corrected chi connectivity index (χ0v) is 19.5. The number of aryl methyl sites for hydroxylation is 1. The smallest absolute Gasteiger partial charge is 0.265 e. The van der Waals surface area contributed by atoms with Gasteiger partial charge in [-0.3, -0.25) is 14.6 Å². The first-order valence-corrected chi connectivity index (χ1v) is 12.5. The van der Waals surface area contributed by atoms with Gasteiger partial charge < -0.3 is 15.4 Å². The Balaban J connectivity index is 1.50. The zero-order chi connectivity index (χ0) is 23.6. The summed E-state index contributed by atoms with van der Waals surface area (Å²) in [4.78, 5) is 29.0. The molecule has 9 nitrogen and oxygen atoms in total. The highest BCUT2D eigenvalue weighted by atomic mass is 32.2. The second-order valence-electron chi connectivity index (χ2n) is 8.40. The Kier molecular flexibility index (Phi) is 6.66. The van der Waals surface area contributed by atoms with Crippen molar-refractivity contribution in [1.82, 2.24) is 14.6 Å². The fraction of sp³-hybridized carbons (Fsp3) is 0.435. The predicted molar refractivity (Wildman–Crippen MR) is 122 cm³/mol. The number of hydrogen-bond acceptors (Lipinski definition) is 6. The lowest BCUT2D eigenvalue weighted by Crippen LogP contribution is -2.45. The van der Waals surface area contributed by atoms with Crippen LogP contribution in [0.15, 0.2) is 41.6 Å². The molecule has 0 saturated carbocycles. The van der Waals surface area contributed by atoms with Crippen LogP contribution in [-0.4, -0.2) is 48.7 Å². The summed E-state index contributed by atoms with van der Waals surface area (Å²) < 4.78 is 34.1. The molecule has 33 heavy (non-hydrogen) atoms. The predicted octanol–water partition coefficient (Wildman–Crippen LogP) is 2.22. The Hall–Kier alpha value is -2.98. The van der Waals surface area contributed by atoms with Crippen molar-refractivity contribution >= 4 is 27.5 Å². The summed E-state index contributed by atoms with van der Waals surface area (Å²) in [5, 5.41) is 5.67. The van der Waals surface area contributed by atoms with Gasteiger partial charge in [0.2, 0.25) is 15.9 Å². The van der Waals surface area contributed by atoms with Crippen molar-refractivity contribution in [3.05, 3.63) is 47.8 Å². The van der Waals surface area contributed by atoms with E-state index in [-0.39, 0.29) is 23.3 Å². The van der Waals surface area contributed by atoms with E-state index in [9.17, 15) is 18.0 Å². The minimum Gasteiger partial charge on any atom is -0.478 e. The summed E-state index contributed by atoms with van der Waals surface area (Å²) >= 11 is 0. The normalized spacial score (nSPS) is 21.0. The van der Waals surface area contributed by atoms with Crippen molar-refractivity contribution in [2.24, 2.45) is 5.92 Å². The highest BCUT2D eigenvalue weighted by molar-refractivity contribution is 7.89. The molecule has 1 aromatic carbocycles. The molecular formula is C23H28N4O5S. The van der Waals surface area contributed by atoms with E-state index in [4.69, 9.17) is 4.74 Å². The molecule has 2 aromatic rings. The highest BCUT2D eigenvalue weighted by Crippen LogP contribution is 2.36. The van der Waals surface area contributed by atoms with Crippen LogP contribution in [0.25, 0.3) is 0 Å². The van der Waals surface area contributed by atoms with Gasteiger partial charge >= 0.3 is 0 Å². The third-order valence-corrected chi connectivity index (χ3v) is 8.04.